The molecule has 1 aromatic heterocycles. The number of thioether (sulfide) groups is 2. The van der Waals surface area contributed by atoms with E-state index in [-0.39, 0.29) is 9.48 Å². The highest BCUT2D eigenvalue weighted by atomic mass is 79.9. The first-order chi connectivity index (χ1) is 13.9. The van der Waals surface area contributed by atoms with Crippen LogP contribution in [0.2, 0.25) is 0 Å². The number of halogens is 1. The minimum absolute atomic E-state index is 0.191. The summed E-state index contributed by atoms with van der Waals surface area (Å²) in [5.74, 6) is 1.97. The van der Waals surface area contributed by atoms with E-state index in [1.165, 1.54) is 6.20 Å². The molecular formula is C20H22BrN3O2S3. The van der Waals surface area contributed by atoms with E-state index in [9.17, 15) is 8.42 Å². The predicted octanol–water partition coefficient (Wildman–Crippen LogP) is 5.76. The maximum atomic E-state index is 12.9. The molecule has 0 fully saturated rings. The van der Waals surface area contributed by atoms with Crippen molar-refractivity contribution in [3.05, 3.63) is 64.3 Å². The van der Waals surface area contributed by atoms with Crippen molar-refractivity contribution in [2.45, 2.75) is 30.2 Å². The minimum atomic E-state index is -3.78. The average Bonchev–Trinajstić information content (AvgIpc) is 3.19. The van der Waals surface area contributed by atoms with Gasteiger partial charge in [-0.2, -0.15) is 8.42 Å². The summed E-state index contributed by atoms with van der Waals surface area (Å²) < 4.78 is 28.0. The first kappa shape index (κ1) is 22.4. The molecule has 0 saturated carbocycles. The number of rotatable bonds is 8. The maximum absolute atomic E-state index is 12.9. The first-order valence-electron chi connectivity index (χ1n) is 9.14. The molecule has 3 aromatic rings. The van der Waals surface area contributed by atoms with E-state index in [2.05, 4.69) is 46.2 Å². The van der Waals surface area contributed by atoms with Gasteiger partial charge < -0.3 is 0 Å². The number of aryl methyl sites for hydroxylation is 1. The van der Waals surface area contributed by atoms with Crippen molar-refractivity contribution < 1.29 is 8.42 Å². The summed E-state index contributed by atoms with van der Waals surface area (Å²) in [6.07, 6.45) is 1.49. The summed E-state index contributed by atoms with van der Waals surface area (Å²) in [5.41, 5.74) is 3.54. The number of aromatic nitrogens is 3. The number of hydrogen-bond donors (Lipinski definition) is 0. The van der Waals surface area contributed by atoms with Crippen LogP contribution in [0.4, 0.5) is 0 Å². The van der Waals surface area contributed by atoms with E-state index >= 15 is 0 Å². The van der Waals surface area contributed by atoms with Crippen molar-refractivity contribution >= 4 is 49.5 Å². The molecule has 0 unspecified atom stereocenters. The van der Waals surface area contributed by atoms with Gasteiger partial charge in [-0.25, -0.2) is 0 Å². The Labute approximate surface area is 188 Å². The normalized spacial score (nSPS) is 11.9. The van der Waals surface area contributed by atoms with E-state index in [0.717, 1.165) is 36.8 Å². The largest absolute Gasteiger partial charge is 0.284 e. The summed E-state index contributed by atoms with van der Waals surface area (Å²) in [4.78, 5) is 0.191. The smallest absolute Gasteiger partial charge is 0.199 e. The Bertz CT molecular complexity index is 1080. The molecule has 2 aromatic carbocycles. The molecule has 0 saturated heterocycles. The van der Waals surface area contributed by atoms with Gasteiger partial charge in [0.1, 0.15) is 5.69 Å². The van der Waals surface area contributed by atoms with E-state index in [0.29, 0.717) is 5.69 Å². The zero-order valence-corrected chi connectivity index (χ0v) is 20.4. The third-order valence-electron chi connectivity index (χ3n) is 4.22. The Morgan fingerprint density at radius 2 is 1.72 bits per heavy atom. The van der Waals surface area contributed by atoms with Crippen molar-refractivity contribution in [3.8, 4) is 11.3 Å². The van der Waals surface area contributed by atoms with Crippen LogP contribution in [0.5, 0.6) is 0 Å². The van der Waals surface area contributed by atoms with Gasteiger partial charge >= 0.3 is 0 Å². The van der Waals surface area contributed by atoms with Gasteiger partial charge in [-0.15, -0.1) is 32.7 Å². The Hall–Kier alpha value is -1.29. The van der Waals surface area contributed by atoms with E-state index in [4.69, 9.17) is 0 Å². The van der Waals surface area contributed by atoms with Crippen LogP contribution in [0, 0.1) is 6.92 Å². The molecule has 154 valence electrons. The molecule has 0 N–H and O–H groups in total. The molecule has 9 heteroatoms. The van der Waals surface area contributed by atoms with Crippen molar-refractivity contribution in [3.63, 3.8) is 0 Å². The number of nitrogens with zero attached hydrogens (tertiary/aromatic N) is 3. The van der Waals surface area contributed by atoms with Crippen LogP contribution >= 0.6 is 39.5 Å². The molecule has 5 nitrogen and oxygen atoms in total. The Morgan fingerprint density at radius 3 is 2.34 bits per heavy atom. The quantitative estimate of drug-likeness (QED) is 0.358. The van der Waals surface area contributed by atoms with Crippen LogP contribution in [0.25, 0.3) is 11.3 Å². The zero-order valence-electron chi connectivity index (χ0n) is 16.4. The lowest BCUT2D eigenvalue weighted by Gasteiger charge is -2.18. The second kappa shape index (κ2) is 9.68. The Morgan fingerprint density at radius 1 is 1.07 bits per heavy atom. The summed E-state index contributed by atoms with van der Waals surface area (Å²) >= 11 is 7.26. The molecule has 0 amide bonds. The number of hydrogen-bond acceptors (Lipinski definition) is 6. The van der Waals surface area contributed by atoms with Gasteiger partial charge in [0, 0.05) is 10.0 Å². The molecule has 0 aliphatic rings. The summed E-state index contributed by atoms with van der Waals surface area (Å²) in [7, 11) is -3.78. The lowest BCUT2D eigenvalue weighted by atomic mass is 10.1. The average molecular weight is 513 g/mol. The van der Waals surface area contributed by atoms with Gasteiger partial charge in [-0.1, -0.05) is 58.8 Å². The molecule has 0 radical (unpaired) electrons. The second-order valence-electron chi connectivity index (χ2n) is 6.27. The third-order valence-corrected chi connectivity index (χ3v) is 8.85. The molecule has 1 heterocycles. The first-order valence-corrected chi connectivity index (χ1v) is 13.5. The molecule has 0 bridgehead atoms. The van der Waals surface area contributed by atoms with Crippen molar-refractivity contribution in [2.75, 3.05) is 11.5 Å². The van der Waals surface area contributed by atoms with Crippen LogP contribution in [0.3, 0.4) is 0 Å². The van der Waals surface area contributed by atoms with Gasteiger partial charge in [0.25, 0.3) is 10.0 Å². The lowest BCUT2D eigenvalue weighted by molar-refractivity contribution is 0.577. The standard InChI is InChI=1S/C20H22BrN3O2S3/c1-4-27-20(28-5-2)18-12-15(21)8-11-17(18)19-13-24(23-22-19)29(25,26)16-9-6-14(3)7-10-16/h6-13,20H,4-5H2,1-3H3. The second-order valence-corrected chi connectivity index (χ2v) is 12.0. The van der Waals surface area contributed by atoms with Crippen LogP contribution < -0.4 is 0 Å². The third kappa shape index (κ3) is 5.07. The summed E-state index contributed by atoms with van der Waals surface area (Å²) in [6.45, 7) is 6.18. The zero-order chi connectivity index (χ0) is 21.0. The Kier molecular flexibility index (Phi) is 7.47. The number of benzene rings is 2. The van der Waals surface area contributed by atoms with Crippen molar-refractivity contribution in [2.24, 2.45) is 0 Å². The summed E-state index contributed by atoms with van der Waals surface area (Å²) in [6, 6.07) is 12.7. The van der Waals surface area contributed by atoms with E-state index < -0.39 is 10.0 Å². The predicted molar refractivity (Wildman–Crippen MR) is 126 cm³/mol. The molecule has 0 aliphatic heterocycles. The van der Waals surface area contributed by atoms with Crippen molar-refractivity contribution in [1.29, 1.82) is 0 Å². The van der Waals surface area contributed by atoms with Crippen LogP contribution in [-0.2, 0) is 10.0 Å². The van der Waals surface area contributed by atoms with E-state index in [1.807, 2.05) is 42.6 Å². The molecule has 29 heavy (non-hydrogen) atoms. The summed E-state index contributed by atoms with van der Waals surface area (Å²) in [5, 5.41) is 8.12. The van der Waals surface area contributed by atoms with Crippen LogP contribution in [-0.4, -0.2) is 34.3 Å². The van der Waals surface area contributed by atoms with Crippen molar-refractivity contribution in [1.82, 2.24) is 14.4 Å². The van der Waals surface area contributed by atoms with Gasteiger partial charge in [-0.3, -0.25) is 0 Å². The fourth-order valence-electron chi connectivity index (χ4n) is 2.80. The monoisotopic (exact) mass is 511 g/mol. The minimum Gasteiger partial charge on any atom is -0.199 e. The molecule has 0 spiro atoms. The SMILES string of the molecule is CCSC(SCC)c1cc(Br)ccc1-c1cn(S(=O)(=O)c2ccc(C)cc2)nn1. The fourth-order valence-corrected chi connectivity index (χ4v) is 6.80. The highest BCUT2D eigenvalue weighted by Crippen LogP contribution is 2.44. The van der Waals surface area contributed by atoms with Crippen LogP contribution in [0.15, 0.2) is 58.0 Å². The van der Waals surface area contributed by atoms with Gasteiger partial charge in [0.05, 0.1) is 15.7 Å². The molecular weight excluding hydrogens is 490 g/mol. The maximum Gasteiger partial charge on any atom is 0.284 e. The molecule has 3 rings (SSSR count). The Balaban J connectivity index is 2.03. The lowest BCUT2D eigenvalue weighted by Crippen LogP contribution is -2.13. The highest BCUT2D eigenvalue weighted by Gasteiger charge is 2.22. The van der Waals surface area contributed by atoms with Gasteiger partial charge in [0.15, 0.2) is 0 Å². The van der Waals surface area contributed by atoms with Crippen LogP contribution in [0.1, 0.15) is 29.6 Å². The van der Waals surface area contributed by atoms with E-state index in [1.54, 1.807) is 24.3 Å². The molecule has 0 aliphatic carbocycles. The van der Waals surface area contributed by atoms with Gasteiger partial charge in [0.2, 0.25) is 0 Å². The highest BCUT2D eigenvalue weighted by molar-refractivity contribution is 9.10. The fraction of sp³-hybridized carbons (Fsp3) is 0.300. The topological polar surface area (TPSA) is 64.8 Å². The van der Waals surface area contributed by atoms with Gasteiger partial charge in [-0.05, 0) is 48.3 Å². The molecule has 0 atom stereocenters.